The lowest BCUT2D eigenvalue weighted by Crippen LogP contribution is -2.30. The van der Waals surface area contributed by atoms with Crippen LogP contribution in [0.15, 0.2) is 24.0 Å². The molecule has 1 aliphatic heterocycles. The summed E-state index contributed by atoms with van der Waals surface area (Å²) in [5.41, 5.74) is 0. The number of thiazole rings is 1. The van der Waals surface area contributed by atoms with Gasteiger partial charge in [0.1, 0.15) is 10.8 Å². The molecule has 20 heavy (non-hydrogen) atoms. The summed E-state index contributed by atoms with van der Waals surface area (Å²) in [6.45, 7) is 7.43. The summed E-state index contributed by atoms with van der Waals surface area (Å²) in [5, 5.41) is 3.20. The van der Waals surface area contributed by atoms with Crippen LogP contribution in [-0.2, 0) is 24.4 Å². The van der Waals surface area contributed by atoms with Crippen molar-refractivity contribution in [2.75, 3.05) is 19.8 Å². The van der Waals surface area contributed by atoms with Crippen molar-refractivity contribution >= 4 is 11.3 Å². The molecule has 2 aromatic heterocycles. The Morgan fingerprint density at radius 1 is 1.35 bits per heavy atom. The Balaban J connectivity index is 1.73. The molecule has 0 N–H and O–H groups in total. The molecule has 108 valence electrons. The molecule has 6 heteroatoms. The van der Waals surface area contributed by atoms with Gasteiger partial charge in [0.15, 0.2) is 0 Å². The maximum Gasteiger partial charge on any atom is 0.122 e. The number of nitrogens with zero attached hydrogens (tertiary/aromatic N) is 4. The largest absolute Gasteiger partial charge is 0.381 e. The van der Waals surface area contributed by atoms with E-state index in [1.807, 2.05) is 24.7 Å². The number of rotatable bonds is 5. The lowest BCUT2D eigenvalue weighted by molar-refractivity contribution is 0.0851. The Labute approximate surface area is 123 Å². The molecule has 0 spiro atoms. The lowest BCUT2D eigenvalue weighted by Gasteiger charge is -2.22. The van der Waals surface area contributed by atoms with Crippen LogP contribution >= 0.6 is 11.3 Å². The second kappa shape index (κ2) is 6.47. The van der Waals surface area contributed by atoms with E-state index in [1.54, 1.807) is 11.3 Å². The molecular formula is C14H20N4OS. The standard InChI is InChI=1S/C14H20N4OS/c1-2-19-11-12-7-17(10-14-16-4-6-20-14)9-13-15-3-5-18(13)8-12/h3-6,12H,2,7-11H2,1H3. The summed E-state index contributed by atoms with van der Waals surface area (Å²) in [6.07, 6.45) is 5.83. The number of aromatic nitrogens is 3. The fourth-order valence-corrected chi connectivity index (χ4v) is 3.31. The lowest BCUT2D eigenvalue weighted by atomic mass is 10.1. The molecule has 0 bridgehead atoms. The smallest absolute Gasteiger partial charge is 0.122 e. The number of hydrogen-bond acceptors (Lipinski definition) is 5. The zero-order chi connectivity index (χ0) is 13.8. The van der Waals surface area contributed by atoms with Crippen molar-refractivity contribution in [3.05, 3.63) is 34.8 Å². The van der Waals surface area contributed by atoms with E-state index in [-0.39, 0.29) is 0 Å². The summed E-state index contributed by atoms with van der Waals surface area (Å²) >= 11 is 1.71. The van der Waals surface area contributed by atoms with Crippen LogP contribution in [0.5, 0.6) is 0 Å². The van der Waals surface area contributed by atoms with Gasteiger partial charge < -0.3 is 9.30 Å². The monoisotopic (exact) mass is 292 g/mol. The molecule has 2 aromatic rings. The van der Waals surface area contributed by atoms with Gasteiger partial charge in [-0.3, -0.25) is 4.90 Å². The van der Waals surface area contributed by atoms with E-state index in [0.29, 0.717) is 5.92 Å². The van der Waals surface area contributed by atoms with E-state index in [1.165, 1.54) is 5.01 Å². The predicted octanol–water partition coefficient (Wildman–Crippen LogP) is 2.01. The van der Waals surface area contributed by atoms with E-state index < -0.39 is 0 Å². The van der Waals surface area contributed by atoms with Gasteiger partial charge in [0.25, 0.3) is 0 Å². The number of imidazole rings is 1. The minimum Gasteiger partial charge on any atom is -0.381 e. The van der Waals surface area contributed by atoms with Crippen molar-refractivity contribution < 1.29 is 4.74 Å². The average molecular weight is 292 g/mol. The number of ether oxygens (including phenoxy) is 1. The van der Waals surface area contributed by atoms with Crippen LogP contribution in [0.2, 0.25) is 0 Å². The summed E-state index contributed by atoms with van der Waals surface area (Å²) in [4.78, 5) is 11.3. The summed E-state index contributed by atoms with van der Waals surface area (Å²) in [6, 6.07) is 0. The maximum absolute atomic E-state index is 5.63. The second-order valence-electron chi connectivity index (χ2n) is 5.12. The molecule has 1 atom stereocenters. The highest BCUT2D eigenvalue weighted by atomic mass is 32.1. The Kier molecular flexibility index (Phi) is 4.44. The molecule has 5 nitrogen and oxygen atoms in total. The summed E-state index contributed by atoms with van der Waals surface area (Å²) < 4.78 is 7.89. The highest BCUT2D eigenvalue weighted by Crippen LogP contribution is 2.18. The van der Waals surface area contributed by atoms with Gasteiger partial charge in [0, 0.05) is 49.6 Å². The Morgan fingerprint density at radius 3 is 3.10 bits per heavy atom. The Bertz CT molecular complexity index is 525. The molecule has 1 aliphatic rings. The summed E-state index contributed by atoms with van der Waals surface area (Å²) in [7, 11) is 0. The maximum atomic E-state index is 5.63. The minimum atomic E-state index is 0.505. The van der Waals surface area contributed by atoms with Crippen LogP contribution in [-0.4, -0.2) is 39.2 Å². The third-order valence-electron chi connectivity index (χ3n) is 3.54. The van der Waals surface area contributed by atoms with E-state index >= 15 is 0 Å². The highest BCUT2D eigenvalue weighted by molar-refractivity contribution is 7.09. The fraction of sp³-hybridized carbons (Fsp3) is 0.571. The number of hydrogen-bond donors (Lipinski definition) is 0. The number of fused-ring (bicyclic) bond motifs is 1. The fourth-order valence-electron chi connectivity index (χ4n) is 2.66. The minimum absolute atomic E-state index is 0.505. The SMILES string of the molecule is CCOCC1CN(Cc2nccs2)Cc2nccn2C1. The Morgan fingerprint density at radius 2 is 2.30 bits per heavy atom. The van der Waals surface area contributed by atoms with E-state index in [0.717, 1.165) is 45.2 Å². The third-order valence-corrected chi connectivity index (χ3v) is 4.30. The highest BCUT2D eigenvalue weighted by Gasteiger charge is 2.22. The van der Waals surface area contributed by atoms with Crippen LogP contribution < -0.4 is 0 Å². The first-order chi connectivity index (χ1) is 9.85. The van der Waals surface area contributed by atoms with Gasteiger partial charge in [0.05, 0.1) is 19.7 Å². The van der Waals surface area contributed by atoms with E-state index in [4.69, 9.17) is 4.74 Å². The van der Waals surface area contributed by atoms with E-state index in [9.17, 15) is 0 Å². The average Bonchev–Trinajstić information content (AvgIpc) is 3.06. The van der Waals surface area contributed by atoms with Gasteiger partial charge in [0.2, 0.25) is 0 Å². The van der Waals surface area contributed by atoms with Crippen LogP contribution in [0, 0.1) is 5.92 Å². The molecule has 0 aromatic carbocycles. The van der Waals surface area contributed by atoms with Gasteiger partial charge in [-0.25, -0.2) is 9.97 Å². The molecule has 1 unspecified atom stereocenters. The van der Waals surface area contributed by atoms with Crippen LogP contribution in [0.1, 0.15) is 17.8 Å². The van der Waals surface area contributed by atoms with Gasteiger partial charge in [-0.1, -0.05) is 0 Å². The van der Waals surface area contributed by atoms with Gasteiger partial charge in [-0.05, 0) is 6.92 Å². The van der Waals surface area contributed by atoms with Crippen molar-refractivity contribution in [2.45, 2.75) is 26.6 Å². The van der Waals surface area contributed by atoms with Crippen LogP contribution in [0.25, 0.3) is 0 Å². The first-order valence-corrected chi connectivity index (χ1v) is 7.91. The first-order valence-electron chi connectivity index (χ1n) is 7.03. The summed E-state index contributed by atoms with van der Waals surface area (Å²) in [5.74, 6) is 1.64. The van der Waals surface area contributed by atoms with Crippen molar-refractivity contribution in [1.29, 1.82) is 0 Å². The van der Waals surface area contributed by atoms with Crippen molar-refractivity contribution in [2.24, 2.45) is 5.92 Å². The first kappa shape index (κ1) is 13.7. The molecule has 3 rings (SSSR count). The van der Waals surface area contributed by atoms with Crippen LogP contribution in [0.3, 0.4) is 0 Å². The molecule has 0 saturated heterocycles. The van der Waals surface area contributed by atoms with Crippen LogP contribution in [0.4, 0.5) is 0 Å². The molecule has 0 amide bonds. The topological polar surface area (TPSA) is 43.2 Å². The normalized spacial score (nSPS) is 19.8. The zero-order valence-electron chi connectivity index (χ0n) is 11.7. The van der Waals surface area contributed by atoms with Crippen molar-refractivity contribution in [3.8, 4) is 0 Å². The molecule has 3 heterocycles. The van der Waals surface area contributed by atoms with Crippen molar-refractivity contribution in [3.63, 3.8) is 0 Å². The van der Waals surface area contributed by atoms with Gasteiger partial charge >= 0.3 is 0 Å². The third kappa shape index (κ3) is 3.26. The van der Waals surface area contributed by atoms with Crippen molar-refractivity contribution in [1.82, 2.24) is 19.4 Å². The van der Waals surface area contributed by atoms with Gasteiger partial charge in [-0.15, -0.1) is 11.3 Å². The molecule has 0 saturated carbocycles. The predicted molar refractivity (Wildman–Crippen MR) is 78.4 cm³/mol. The molecule has 0 radical (unpaired) electrons. The van der Waals surface area contributed by atoms with E-state index in [2.05, 4.69) is 25.6 Å². The van der Waals surface area contributed by atoms with Gasteiger partial charge in [-0.2, -0.15) is 0 Å². The molecule has 0 aliphatic carbocycles. The second-order valence-corrected chi connectivity index (χ2v) is 6.10. The zero-order valence-corrected chi connectivity index (χ0v) is 12.6. The Hall–Kier alpha value is -1.24. The molecule has 0 fully saturated rings. The quantitative estimate of drug-likeness (QED) is 0.845. The molecular weight excluding hydrogens is 272 g/mol.